The summed E-state index contributed by atoms with van der Waals surface area (Å²) in [4.78, 5) is 22.9. The van der Waals surface area contributed by atoms with Crippen LogP contribution in [0, 0.1) is 5.82 Å². The van der Waals surface area contributed by atoms with Crippen molar-refractivity contribution in [3.63, 3.8) is 0 Å². The third-order valence-electron chi connectivity index (χ3n) is 3.52. The number of nitrogens with zero attached hydrogens (tertiary/aromatic N) is 1. The number of aromatic nitrogens is 1. The molecule has 2 rings (SSSR count). The Bertz CT molecular complexity index is 795. The van der Waals surface area contributed by atoms with Gasteiger partial charge in [0.2, 0.25) is 0 Å². The summed E-state index contributed by atoms with van der Waals surface area (Å²) in [7, 11) is 0. The second-order valence-corrected chi connectivity index (χ2v) is 6.70. The number of rotatable bonds is 5. The van der Waals surface area contributed by atoms with E-state index < -0.39 is 23.7 Å². The van der Waals surface area contributed by atoms with Crippen LogP contribution in [0.15, 0.2) is 28.9 Å². The van der Waals surface area contributed by atoms with Gasteiger partial charge in [-0.25, -0.2) is 4.39 Å². The van der Waals surface area contributed by atoms with Gasteiger partial charge >= 0.3 is 5.97 Å². The van der Waals surface area contributed by atoms with Gasteiger partial charge in [-0.2, -0.15) is 0 Å². The number of nitrogens with two attached hydrogens (primary N) is 1. The van der Waals surface area contributed by atoms with Crippen molar-refractivity contribution >= 4 is 11.9 Å². The molecule has 7 nitrogen and oxygen atoms in total. The van der Waals surface area contributed by atoms with E-state index in [9.17, 15) is 14.0 Å². The largest absolute Gasteiger partial charge is 0.480 e. The topological polar surface area (TPSA) is 118 Å². The van der Waals surface area contributed by atoms with Gasteiger partial charge in [0.15, 0.2) is 0 Å². The van der Waals surface area contributed by atoms with Crippen molar-refractivity contribution in [1.82, 2.24) is 10.5 Å². The van der Waals surface area contributed by atoms with Gasteiger partial charge in [0.25, 0.3) is 5.91 Å². The van der Waals surface area contributed by atoms with Gasteiger partial charge in [-0.3, -0.25) is 9.59 Å². The van der Waals surface area contributed by atoms with Crippen LogP contribution in [0.5, 0.6) is 0 Å². The van der Waals surface area contributed by atoms with E-state index in [1.54, 1.807) is 0 Å². The van der Waals surface area contributed by atoms with Crippen molar-refractivity contribution in [3.05, 3.63) is 41.5 Å². The summed E-state index contributed by atoms with van der Waals surface area (Å²) in [5, 5.41) is 14.9. The Morgan fingerprint density at radius 1 is 1.36 bits per heavy atom. The lowest BCUT2D eigenvalue weighted by Gasteiger charge is -2.16. The van der Waals surface area contributed by atoms with Crippen LogP contribution in [0.3, 0.4) is 0 Å². The maximum Gasteiger partial charge on any atom is 0.322 e. The zero-order valence-electron chi connectivity index (χ0n) is 14.2. The summed E-state index contributed by atoms with van der Waals surface area (Å²) >= 11 is 0. The lowest BCUT2D eigenvalue weighted by Crippen LogP contribution is -2.42. The van der Waals surface area contributed by atoms with Crippen molar-refractivity contribution in [3.8, 4) is 11.1 Å². The summed E-state index contributed by atoms with van der Waals surface area (Å²) in [6, 6.07) is 2.60. The Morgan fingerprint density at radius 2 is 2.04 bits per heavy atom. The van der Waals surface area contributed by atoms with Crippen LogP contribution in [-0.4, -0.2) is 34.7 Å². The predicted octanol–water partition coefficient (Wildman–Crippen LogP) is 1.92. The van der Waals surface area contributed by atoms with E-state index in [1.807, 2.05) is 20.8 Å². The number of benzene rings is 1. The molecule has 1 amide bonds. The fraction of sp³-hybridized carbons (Fsp3) is 0.353. The molecule has 2 aromatic rings. The molecule has 1 aromatic carbocycles. The average Bonchev–Trinajstić information content (AvgIpc) is 3.01. The maximum atomic E-state index is 14.0. The quantitative estimate of drug-likeness (QED) is 0.759. The zero-order valence-corrected chi connectivity index (χ0v) is 14.2. The molecule has 0 aliphatic heterocycles. The van der Waals surface area contributed by atoms with E-state index in [1.165, 1.54) is 18.3 Å². The van der Waals surface area contributed by atoms with Gasteiger partial charge in [-0.1, -0.05) is 25.9 Å². The summed E-state index contributed by atoms with van der Waals surface area (Å²) < 4.78 is 19.3. The van der Waals surface area contributed by atoms with E-state index in [0.29, 0.717) is 16.9 Å². The first-order chi connectivity index (χ1) is 11.6. The standard InChI is InChI=1S/C17H20FN3O4/c1-17(2,3)14-12(7-21-25-14)9-4-10(6-11(18)5-9)15(22)20-8-13(19)16(23)24/h4-7,13H,8,19H2,1-3H3,(H,20,22)(H,23,24)/t13-/m1/s1. The second kappa shape index (κ2) is 7.02. The number of carboxylic acid groups (broad SMARTS) is 1. The van der Waals surface area contributed by atoms with Crippen molar-refractivity contribution in [2.24, 2.45) is 5.73 Å². The number of amides is 1. The molecule has 0 saturated carbocycles. The van der Waals surface area contributed by atoms with Gasteiger partial charge in [0.1, 0.15) is 17.6 Å². The molecule has 1 aromatic heterocycles. The summed E-state index contributed by atoms with van der Waals surface area (Å²) in [6.45, 7) is 5.52. The summed E-state index contributed by atoms with van der Waals surface area (Å²) in [5.74, 6) is -1.89. The minimum Gasteiger partial charge on any atom is -0.480 e. The second-order valence-electron chi connectivity index (χ2n) is 6.70. The lowest BCUT2D eigenvalue weighted by atomic mass is 9.88. The van der Waals surface area contributed by atoms with Gasteiger partial charge in [-0.15, -0.1) is 0 Å². The first kappa shape index (κ1) is 18.6. The maximum absolute atomic E-state index is 14.0. The van der Waals surface area contributed by atoms with Crippen LogP contribution in [-0.2, 0) is 10.2 Å². The van der Waals surface area contributed by atoms with Gasteiger partial charge in [-0.05, 0) is 23.8 Å². The lowest BCUT2D eigenvalue weighted by molar-refractivity contribution is -0.138. The van der Waals surface area contributed by atoms with Crippen LogP contribution >= 0.6 is 0 Å². The molecule has 0 aliphatic rings. The molecule has 0 aliphatic carbocycles. The monoisotopic (exact) mass is 349 g/mol. The SMILES string of the molecule is CC(C)(C)c1oncc1-c1cc(F)cc(C(=O)NC[C@@H](N)C(=O)O)c1. The highest BCUT2D eigenvalue weighted by molar-refractivity contribution is 5.95. The third-order valence-corrected chi connectivity index (χ3v) is 3.52. The zero-order chi connectivity index (χ0) is 18.8. The molecule has 0 bridgehead atoms. The van der Waals surface area contributed by atoms with Crippen LogP contribution in [0.4, 0.5) is 4.39 Å². The smallest absolute Gasteiger partial charge is 0.322 e. The number of nitrogens with one attached hydrogen (secondary N) is 1. The molecule has 25 heavy (non-hydrogen) atoms. The summed E-state index contributed by atoms with van der Waals surface area (Å²) in [6.07, 6.45) is 1.47. The third kappa shape index (κ3) is 4.42. The molecule has 0 spiro atoms. The van der Waals surface area contributed by atoms with Crippen molar-refractivity contribution < 1.29 is 23.6 Å². The predicted molar refractivity (Wildman–Crippen MR) is 88.5 cm³/mol. The molecule has 0 radical (unpaired) electrons. The molecule has 8 heteroatoms. The molecule has 0 unspecified atom stereocenters. The van der Waals surface area contributed by atoms with E-state index >= 15 is 0 Å². The minimum atomic E-state index is -1.24. The van der Waals surface area contributed by atoms with Crippen molar-refractivity contribution in [2.75, 3.05) is 6.54 Å². The Balaban J connectivity index is 2.31. The molecule has 1 heterocycles. The fourth-order valence-corrected chi connectivity index (χ4v) is 2.25. The fourth-order valence-electron chi connectivity index (χ4n) is 2.25. The van der Waals surface area contributed by atoms with E-state index in [0.717, 1.165) is 6.07 Å². The number of aliphatic carboxylic acids is 1. The van der Waals surface area contributed by atoms with E-state index in [4.69, 9.17) is 15.4 Å². The first-order valence-electron chi connectivity index (χ1n) is 7.62. The Hall–Kier alpha value is -2.74. The minimum absolute atomic E-state index is 0.0497. The number of carbonyl (C=O) groups is 2. The van der Waals surface area contributed by atoms with Gasteiger partial charge < -0.3 is 20.7 Å². The van der Waals surface area contributed by atoms with Crippen LogP contribution in [0.1, 0.15) is 36.9 Å². The van der Waals surface area contributed by atoms with Crippen molar-refractivity contribution in [1.29, 1.82) is 0 Å². The highest BCUT2D eigenvalue weighted by atomic mass is 19.1. The molecular formula is C17H20FN3O4. The van der Waals surface area contributed by atoms with Crippen LogP contribution < -0.4 is 11.1 Å². The Labute approximate surface area is 144 Å². The number of carbonyl (C=O) groups excluding carboxylic acids is 1. The Kier molecular flexibility index (Phi) is 5.22. The average molecular weight is 349 g/mol. The van der Waals surface area contributed by atoms with Gasteiger partial charge in [0, 0.05) is 23.1 Å². The number of hydrogen-bond donors (Lipinski definition) is 3. The van der Waals surface area contributed by atoms with Gasteiger partial charge in [0.05, 0.1) is 6.20 Å². The molecule has 4 N–H and O–H groups in total. The molecular weight excluding hydrogens is 329 g/mol. The van der Waals surface area contributed by atoms with E-state index in [-0.39, 0.29) is 17.5 Å². The number of carboxylic acids is 1. The Morgan fingerprint density at radius 3 is 2.64 bits per heavy atom. The number of hydrogen-bond acceptors (Lipinski definition) is 5. The highest BCUT2D eigenvalue weighted by Crippen LogP contribution is 2.33. The van der Waals surface area contributed by atoms with E-state index in [2.05, 4.69) is 10.5 Å². The molecule has 0 saturated heterocycles. The highest BCUT2D eigenvalue weighted by Gasteiger charge is 2.25. The van der Waals surface area contributed by atoms with Crippen LogP contribution in [0.25, 0.3) is 11.1 Å². The first-order valence-corrected chi connectivity index (χ1v) is 7.62. The molecule has 134 valence electrons. The normalized spacial score (nSPS) is 12.7. The molecule has 0 fully saturated rings. The summed E-state index contributed by atoms with van der Waals surface area (Å²) in [5.41, 5.74) is 6.07. The molecule has 1 atom stereocenters. The van der Waals surface area contributed by atoms with Crippen molar-refractivity contribution in [2.45, 2.75) is 32.2 Å². The number of halogens is 1. The van der Waals surface area contributed by atoms with Crippen LogP contribution in [0.2, 0.25) is 0 Å².